The molecule has 0 unspecified atom stereocenters. The van der Waals surface area contributed by atoms with Crippen molar-refractivity contribution in [2.45, 2.75) is 77.0 Å². The van der Waals surface area contributed by atoms with Crippen LogP contribution in [0.5, 0.6) is 11.5 Å². The molecule has 0 spiro atoms. The van der Waals surface area contributed by atoms with E-state index in [0.29, 0.717) is 56.5 Å². The molecular weight excluding hydrogens is 575 g/mol. The van der Waals surface area contributed by atoms with Crippen LogP contribution in [0.2, 0.25) is 0 Å². The zero-order valence-electron chi connectivity index (χ0n) is 25.6. The lowest BCUT2D eigenvalue weighted by molar-refractivity contribution is 0.0155. The van der Waals surface area contributed by atoms with Crippen molar-refractivity contribution in [2.24, 2.45) is 5.92 Å². The van der Waals surface area contributed by atoms with E-state index >= 15 is 0 Å². The number of anilines is 1. The van der Waals surface area contributed by atoms with Crippen LogP contribution in [-0.4, -0.2) is 91.0 Å². The van der Waals surface area contributed by atoms with E-state index in [1.165, 1.54) is 37.0 Å². The van der Waals surface area contributed by atoms with Gasteiger partial charge in [0.2, 0.25) is 10.0 Å². The number of hydrogen-bond acceptors (Lipinski definition) is 9. The molecule has 1 aromatic heterocycles. The minimum absolute atomic E-state index is 0.0108. The largest absolute Gasteiger partial charge is 0.451 e. The molecule has 1 aliphatic carbocycles. The molecule has 2 aliphatic rings. The van der Waals surface area contributed by atoms with E-state index in [-0.39, 0.29) is 29.3 Å². The molecule has 1 aliphatic heterocycles. The molecule has 1 aromatic carbocycles. The third-order valence-electron chi connectivity index (χ3n) is 8.38. The maximum atomic E-state index is 14.2. The Morgan fingerprint density at radius 1 is 1.21 bits per heavy atom. The number of nitrogens with one attached hydrogen (secondary N) is 2. The monoisotopic (exact) mass is 620 g/mol. The summed E-state index contributed by atoms with van der Waals surface area (Å²) < 4.78 is 46.1. The van der Waals surface area contributed by atoms with Gasteiger partial charge in [-0.3, -0.25) is 4.79 Å². The molecule has 1 saturated carbocycles. The van der Waals surface area contributed by atoms with Gasteiger partial charge in [-0.1, -0.05) is 0 Å². The van der Waals surface area contributed by atoms with Crippen LogP contribution in [0.15, 0.2) is 30.7 Å². The van der Waals surface area contributed by atoms with Gasteiger partial charge in [0.1, 0.15) is 17.9 Å². The lowest BCUT2D eigenvalue weighted by atomic mass is 9.86. The van der Waals surface area contributed by atoms with Crippen LogP contribution in [0.1, 0.15) is 69.7 Å². The van der Waals surface area contributed by atoms with Crippen molar-refractivity contribution in [1.82, 2.24) is 24.9 Å². The van der Waals surface area contributed by atoms with Gasteiger partial charge in [0.25, 0.3) is 5.91 Å². The van der Waals surface area contributed by atoms with E-state index in [9.17, 15) is 22.7 Å². The van der Waals surface area contributed by atoms with Crippen LogP contribution in [0, 0.1) is 11.7 Å². The van der Waals surface area contributed by atoms with Crippen molar-refractivity contribution in [2.75, 3.05) is 43.9 Å². The average molecular weight is 621 g/mol. The SMILES string of the molecule is CCN(C(=O)c1cc(F)ccc1Oc1cncnc1N1CCC(O)(CNC[C@H]2CC[C@H](NS(C)(=O)=O)CC2)CC1)C(C)C. The van der Waals surface area contributed by atoms with Crippen molar-refractivity contribution in [1.29, 1.82) is 0 Å². The summed E-state index contributed by atoms with van der Waals surface area (Å²) in [7, 11) is -3.19. The molecule has 238 valence electrons. The first kappa shape index (κ1) is 33.0. The van der Waals surface area contributed by atoms with Crippen molar-refractivity contribution < 1.29 is 27.4 Å². The number of sulfonamides is 1. The van der Waals surface area contributed by atoms with Crippen LogP contribution in [-0.2, 0) is 10.0 Å². The molecule has 3 N–H and O–H groups in total. The van der Waals surface area contributed by atoms with Gasteiger partial charge in [-0.05, 0) is 90.0 Å². The number of aromatic nitrogens is 2. The Morgan fingerprint density at radius 2 is 1.91 bits per heavy atom. The highest BCUT2D eigenvalue weighted by molar-refractivity contribution is 7.88. The predicted octanol–water partition coefficient (Wildman–Crippen LogP) is 3.31. The Balaban J connectivity index is 1.34. The maximum absolute atomic E-state index is 14.2. The fourth-order valence-electron chi connectivity index (χ4n) is 6.00. The highest BCUT2D eigenvalue weighted by atomic mass is 32.2. The number of aliphatic hydroxyl groups is 1. The molecule has 2 fully saturated rings. The maximum Gasteiger partial charge on any atom is 0.257 e. The number of amides is 1. The molecule has 13 heteroatoms. The highest BCUT2D eigenvalue weighted by Gasteiger charge is 2.34. The van der Waals surface area contributed by atoms with Gasteiger partial charge in [0.15, 0.2) is 11.6 Å². The van der Waals surface area contributed by atoms with E-state index in [1.54, 1.807) is 4.90 Å². The minimum atomic E-state index is -3.19. The topological polar surface area (TPSA) is 137 Å². The van der Waals surface area contributed by atoms with E-state index in [0.717, 1.165) is 32.2 Å². The van der Waals surface area contributed by atoms with Crippen molar-refractivity contribution in [3.05, 3.63) is 42.1 Å². The Labute approximate surface area is 254 Å². The third kappa shape index (κ3) is 9.07. The zero-order valence-corrected chi connectivity index (χ0v) is 26.4. The number of rotatable bonds is 12. The van der Waals surface area contributed by atoms with E-state index in [1.807, 2.05) is 25.7 Å². The lowest BCUT2D eigenvalue weighted by Crippen LogP contribution is -2.51. The first-order valence-electron chi connectivity index (χ1n) is 15.1. The summed E-state index contributed by atoms with van der Waals surface area (Å²) in [4.78, 5) is 25.5. The Hall–Kier alpha value is -2.87. The van der Waals surface area contributed by atoms with Gasteiger partial charge in [0, 0.05) is 38.3 Å². The highest BCUT2D eigenvalue weighted by Crippen LogP contribution is 2.35. The van der Waals surface area contributed by atoms with Gasteiger partial charge in [-0.25, -0.2) is 27.5 Å². The summed E-state index contributed by atoms with van der Waals surface area (Å²) >= 11 is 0. The van der Waals surface area contributed by atoms with E-state index < -0.39 is 21.4 Å². The summed E-state index contributed by atoms with van der Waals surface area (Å²) in [5, 5.41) is 14.7. The second kappa shape index (κ2) is 14.3. The Morgan fingerprint density at radius 3 is 2.53 bits per heavy atom. The van der Waals surface area contributed by atoms with Crippen LogP contribution < -0.4 is 19.7 Å². The van der Waals surface area contributed by atoms with Gasteiger partial charge in [-0.15, -0.1) is 0 Å². The molecule has 4 rings (SSSR count). The first-order chi connectivity index (χ1) is 20.4. The molecule has 0 bridgehead atoms. The number of carbonyl (C=O) groups excluding carboxylic acids is 1. The van der Waals surface area contributed by atoms with E-state index in [4.69, 9.17) is 4.74 Å². The van der Waals surface area contributed by atoms with Gasteiger partial charge in [-0.2, -0.15) is 0 Å². The smallest absolute Gasteiger partial charge is 0.257 e. The first-order valence-corrected chi connectivity index (χ1v) is 17.0. The average Bonchev–Trinajstić information content (AvgIpc) is 2.95. The van der Waals surface area contributed by atoms with Gasteiger partial charge < -0.3 is 25.0 Å². The summed E-state index contributed by atoms with van der Waals surface area (Å²) in [5.74, 6) is 0.722. The second-order valence-electron chi connectivity index (χ2n) is 12.1. The number of ether oxygens (including phenoxy) is 1. The summed E-state index contributed by atoms with van der Waals surface area (Å²) in [5.41, 5.74) is -0.735. The number of hydrogen-bond donors (Lipinski definition) is 3. The standard InChI is InChI=1S/C30H45FN6O5S/c1-5-37(21(2)3)29(38)25-16-23(31)8-11-26(25)42-27-18-33-20-34-28(27)36-14-12-30(39,13-15-36)19-32-17-22-6-9-24(10-7-22)35-43(4,40)41/h8,11,16,18,20-22,24,32,35,39H,5-7,9-10,12-15,17,19H2,1-4H3/t22-,24-. The van der Waals surface area contributed by atoms with Crippen LogP contribution >= 0.6 is 0 Å². The minimum Gasteiger partial charge on any atom is -0.451 e. The van der Waals surface area contributed by atoms with Crippen molar-refractivity contribution >= 4 is 21.7 Å². The normalized spacial score (nSPS) is 20.7. The molecule has 0 atom stereocenters. The number of carbonyl (C=O) groups is 1. The fraction of sp³-hybridized carbons (Fsp3) is 0.633. The Kier molecular flexibility index (Phi) is 11.0. The number of nitrogens with zero attached hydrogens (tertiary/aromatic N) is 4. The molecule has 0 radical (unpaired) electrons. The van der Waals surface area contributed by atoms with Gasteiger partial charge in [0.05, 0.1) is 23.6 Å². The van der Waals surface area contributed by atoms with Crippen molar-refractivity contribution in [3.8, 4) is 11.5 Å². The summed E-state index contributed by atoms with van der Waals surface area (Å²) in [6.07, 6.45) is 8.74. The molecule has 11 nitrogen and oxygen atoms in total. The van der Waals surface area contributed by atoms with Crippen LogP contribution in [0.25, 0.3) is 0 Å². The van der Waals surface area contributed by atoms with Gasteiger partial charge >= 0.3 is 0 Å². The molecular formula is C30H45FN6O5S. The molecule has 2 aromatic rings. The quantitative estimate of drug-likeness (QED) is 0.326. The van der Waals surface area contributed by atoms with Crippen LogP contribution in [0.4, 0.5) is 10.2 Å². The lowest BCUT2D eigenvalue weighted by Gasteiger charge is -2.39. The Bertz CT molecular complexity index is 1340. The fourth-order valence-corrected chi connectivity index (χ4v) is 6.84. The molecule has 2 heterocycles. The number of piperidine rings is 1. The number of halogens is 1. The predicted molar refractivity (Wildman–Crippen MR) is 163 cm³/mol. The third-order valence-corrected chi connectivity index (χ3v) is 9.15. The summed E-state index contributed by atoms with van der Waals surface area (Å²) in [6, 6.07) is 3.84. The summed E-state index contributed by atoms with van der Waals surface area (Å²) in [6.45, 7) is 8.50. The molecule has 1 saturated heterocycles. The van der Waals surface area contributed by atoms with E-state index in [2.05, 4.69) is 20.0 Å². The second-order valence-corrected chi connectivity index (χ2v) is 13.9. The molecule has 1 amide bonds. The number of benzene rings is 1. The van der Waals surface area contributed by atoms with Crippen LogP contribution in [0.3, 0.4) is 0 Å². The van der Waals surface area contributed by atoms with Crippen molar-refractivity contribution in [3.63, 3.8) is 0 Å². The zero-order chi connectivity index (χ0) is 31.2. The molecule has 43 heavy (non-hydrogen) atoms.